The molecule has 0 amide bonds. The van der Waals surface area contributed by atoms with Crippen LogP contribution in [0.5, 0.6) is 0 Å². The number of hydrogen-bond acceptors (Lipinski definition) is 4. The molecule has 0 fully saturated rings. The molecule has 0 atom stereocenters. The van der Waals surface area contributed by atoms with Crippen molar-refractivity contribution < 1.29 is 0 Å². The standard InChI is InChI=1S/C8H14N4S/c1-13-5-4-12-3-2-7-8(6-12)10-11-9-7/h2-6H2,1H3,(H,9,10,11). The first-order valence-corrected chi connectivity index (χ1v) is 5.89. The zero-order chi connectivity index (χ0) is 9.10. The molecular formula is C8H14N4S. The summed E-state index contributed by atoms with van der Waals surface area (Å²) in [5, 5.41) is 10.9. The van der Waals surface area contributed by atoms with Gasteiger partial charge in [-0.2, -0.15) is 27.2 Å². The first kappa shape index (κ1) is 9.02. The predicted octanol–water partition coefficient (Wildman–Crippen LogP) is 0.526. The van der Waals surface area contributed by atoms with Crippen molar-refractivity contribution in [1.82, 2.24) is 20.3 Å². The number of nitrogens with one attached hydrogen (secondary N) is 1. The Balaban J connectivity index is 1.93. The maximum atomic E-state index is 4.13. The highest BCUT2D eigenvalue weighted by Gasteiger charge is 2.18. The van der Waals surface area contributed by atoms with E-state index in [1.165, 1.54) is 5.75 Å². The maximum Gasteiger partial charge on any atom is 0.0997 e. The fourth-order valence-electron chi connectivity index (χ4n) is 1.57. The van der Waals surface area contributed by atoms with Crippen LogP contribution in [0, 0.1) is 0 Å². The number of hydrogen-bond donors (Lipinski definition) is 1. The molecule has 1 aromatic rings. The van der Waals surface area contributed by atoms with Crippen LogP contribution in [-0.2, 0) is 13.0 Å². The van der Waals surface area contributed by atoms with Gasteiger partial charge in [-0.1, -0.05) is 0 Å². The van der Waals surface area contributed by atoms with Gasteiger partial charge in [0.15, 0.2) is 0 Å². The number of nitrogens with zero attached hydrogens (tertiary/aromatic N) is 3. The van der Waals surface area contributed by atoms with Crippen molar-refractivity contribution in [2.24, 2.45) is 0 Å². The van der Waals surface area contributed by atoms with Crippen LogP contribution in [0.4, 0.5) is 0 Å². The molecular weight excluding hydrogens is 184 g/mol. The number of thioether (sulfide) groups is 1. The van der Waals surface area contributed by atoms with Crippen molar-refractivity contribution >= 4 is 11.8 Å². The summed E-state index contributed by atoms with van der Waals surface area (Å²) in [6.07, 6.45) is 3.19. The van der Waals surface area contributed by atoms with Crippen molar-refractivity contribution in [3.8, 4) is 0 Å². The van der Waals surface area contributed by atoms with E-state index in [0.717, 1.165) is 37.4 Å². The lowest BCUT2D eigenvalue weighted by Gasteiger charge is -2.24. The lowest BCUT2D eigenvalue weighted by atomic mass is 10.1. The molecule has 5 heteroatoms. The minimum absolute atomic E-state index is 0.965. The third-order valence-corrected chi connectivity index (χ3v) is 2.94. The van der Waals surface area contributed by atoms with Gasteiger partial charge in [0.2, 0.25) is 0 Å². The van der Waals surface area contributed by atoms with Crippen LogP contribution < -0.4 is 0 Å². The van der Waals surface area contributed by atoms with Crippen molar-refractivity contribution in [1.29, 1.82) is 0 Å². The molecule has 13 heavy (non-hydrogen) atoms. The SMILES string of the molecule is CSCCN1CCc2n[nH]nc2C1. The summed E-state index contributed by atoms with van der Waals surface area (Å²) in [6, 6.07) is 0. The first-order chi connectivity index (χ1) is 6.40. The van der Waals surface area contributed by atoms with Gasteiger partial charge in [-0.25, -0.2) is 0 Å². The molecule has 0 aromatic carbocycles. The smallest absolute Gasteiger partial charge is 0.0997 e. The maximum absolute atomic E-state index is 4.13. The van der Waals surface area contributed by atoms with E-state index >= 15 is 0 Å². The summed E-state index contributed by atoms with van der Waals surface area (Å²) >= 11 is 1.89. The normalized spacial score (nSPS) is 17.3. The summed E-state index contributed by atoms with van der Waals surface area (Å²) in [7, 11) is 0. The highest BCUT2D eigenvalue weighted by Crippen LogP contribution is 2.13. The molecule has 0 bridgehead atoms. The van der Waals surface area contributed by atoms with Gasteiger partial charge < -0.3 is 0 Å². The Morgan fingerprint density at radius 1 is 1.46 bits per heavy atom. The van der Waals surface area contributed by atoms with Crippen molar-refractivity contribution in [3.63, 3.8) is 0 Å². The molecule has 1 aliphatic rings. The van der Waals surface area contributed by atoms with Gasteiger partial charge in [-0.15, -0.1) is 0 Å². The quantitative estimate of drug-likeness (QED) is 0.769. The Bertz CT molecular complexity index is 273. The monoisotopic (exact) mass is 198 g/mol. The second-order valence-electron chi connectivity index (χ2n) is 3.24. The number of rotatable bonds is 3. The van der Waals surface area contributed by atoms with Crippen molar-refractivity contribution in [2.75, 3.05) is 25.1 Å². The van der Waals surface area contributed by atoms with Gasteiger partial charge in [-0.3, -0.25) is 4.90 Å². The zero-order valence-electron chi connectivity index (χ0n) is 7.79. The summed E-state index contributed by atoms with van der Waals surface area (Å²) in [5.41, 5.74) is 2.28. The average molecular weight is 198 g/mol. The van der Waals surface area contributed by atoms with Gasteiger partial charge in [0, 0.05) is 31.8 Å². The Kier molecular flexibility index (Phi) is 2.85. The van der Waals surface area contributed by atoms with E-state index in [4.69, 9.17) is 0 Å². The molecule has 0 unspecified atom stereocenters. The van der Waals surface area contributed by atoms with Crippen molar-refractivity contribution in [2.45, 2.75) is 13.0 Å². The highest BCUT2D eigenvalue weighted by molar-refractivity contribution is 7.98. The number of aromatic amines is 1. The van der Waals surface area contributed by atoms with Crippen LogP contribution in [0.3, 0.4) is 0 Å². The second kappa shape index (κ2) is 4.11. The largest absolute Gasteiger partial charge is 0.296 e. The van der Waals surface area contributed by atoms with Crippen LogP contribution in [0.2, 0.25) is 0 Å². The molecule has 1 aromatic heterocycles. The third-order valence-electron chi connectivity index (χ3n) is 2.35. The highest BCUT2D eigenvalue weighted by atomic mass is 32.2. The topological polar surface area (TPSA) is 44.8 Å². The van der Waals surface area contributed by atoms with E-state index < -0.39 is 0 Å². The molecule has 1 aliphatic heterocycles. The van der Waals surface area contributed by atoms with Crippen LogP contribution in [-0.4, -0.2) is 45.4 Å². The first-order valence-electron chi connectivity index (χ1n) is 4.50. The average Bonchev–Trinajstić information content (AvgIpc) is 2.61. The van der Waals surface area contributed by atoms with Gasteiger partial charge in [0.25, 0.3) is 0 Å². The molecule has 4 nitrogen and oxygen atoms in total. The summed E-state index contributed by atoms with van der Waals surface area (Å²) in [4.78, 5) is 2.43. The minimum Gasteiger partial charge on any atom is -0.296 e. The zero-order valence-corrected chi connectivity index (χ0v) is 8.60. The van der Waals surface area contributed by atoms with Gasteiger partial charge in [0.05, 0.1) is 11.4 Å². The Morgan fingerprint density at radius 3 is 3.15 bits per heavy atom. The summed E-state index contributed by atoms with van der Waals surface area (Å²) < 4.78 is 0. The van der Waals surface area contributed by atoms with E-state index in [0.29, 0.717) is 0 Å². The van der Waals surface area contributed by atoms with Crippen LogP contribution in [0.1, 0.15) is 11.4 Å². The molecule has 72 valence electrons. The van der Waals surface area contributed by atoms with Crippen LogP contribution in [0.15, 0.2) is 0 Å². The predicted molar refractivity (Wildman–Crippen MR) is 53.7 cm³/mol. The number of H-pyrrole nitrogens is 1. The molecule has 0 aliphatic carbocycles. The van der Waals surface area contributed by atoms with Crippen LogP contribution >= 0.6 is 11.8 Å². The molecule has 2 rings (SSSR count). The third kappa shape index (κ3) is 2.03. The molecule has 0 radical (unpaired) electrons. The molecule has 0 saturated heterocycles. The molecule has 2 heterocycles. The molecule has 0 saturated carbocycles. The molecule has 1 N–H and O–H groups in total. The van der Waals surface area contributed by atoms with E-state index in [9.17, 15) is 0 Å². The fraction of sp³-hybridized carbons (Fsp3) is 0.750. The molecule has 0 spiro atoms. The summed E-state index contributed by atoms with van der Waals surface area (Å²) in [6.45, 7) is 3.25. The van der Waals surface area contributed by atoms with Crippen LogP contribution in [0.25, 0.3) is 0 Å². The Hall–Kier alpha value is -0.550. The number of fused-ring (bicyclic) bond motifs is 1. The lowest BCUT2D eigenvalue weighted by molar-refractivity contribution is 0.266. The second-order valence-corrected chi connectivity index (χ2v) is 4.22. The van der Waals surface area contributed by atoms with Gasteiger partial charge in [-0.05, 0) is 6.26 Å². The van der Waals surface area contributed by atoms with E-state index in [2.05, 4.69) is 26.6 Å². The van der Waals surface area contributed by atoms with E-state index in [1.54, 1.807) is 0 Å². The minimum atomic E-state index is 0.965. The number of aromatic nitrogens is 3. The van der Waals surface area contributed by atoms with Crippen molar-refractivity contribution in [3.05, 3.63) is 11.4 Å². The lowest BCUT2D eigenvalue weighted by Crippen LogP contribution is -2.32. The van der Waals surface area contributed by atoms with Gasteiger partial charge >= 0.3 is 0 Å². The van der Waals surface area contributed by atoms with Gasteiger partial charge in [0.1, 0.15) is 0 Å². The van der Waals surface area contributed by atoms with E-state index in [1.807, 2.05) is 11.8 Å². The Morgan fingerprint density at radius 2 is 2.31 bits per heavy atom. The van der Waals surface area contributed by atoms with E-state index in [-0.39, 0.29) is 0 Å². The fourth-order valence-corrected chi connectivity index (χ4v) is 2.01. The Labute approximate surface area is 82.1 Å². The summed E-state index contributed by atoms with van der Waals surface area (Å²) in [5.74, 6) is 1.20.